The van der Waals surface area contributed by atoms with Gasteiger partial charge in [-0.3, -0.25) is 9.36 Å². The highest BCUT2D eigenvalue weighted by Gasteiger charge is 2.33. The van der Waals surface area contributed by atoms with Crippen molar-refractivity contribution < 1.29 is 14.0 Å². The van der Waals surface area contributed by atoms with Crippen molar-refractivity contribution >= 4 is 11.0 Å². The van der Waals surface area contributed by atoms with Crippen LogP contribution >= 0.6 is 0 Å². The molecule has 8 heteroatoms. The van der Waals surface area contributed by atoms with E-state index >= 15 is 0 Å². The third kappa shape index (κ3) is 3.75. The van der Waals surface area contributed by atoms with Gasteiger partial charge in [-0.15, -0.1) is 0 Å². The van der Waals surface area contributed by atoms with Crippen LogP contribution in [-0.2, 0) is 18.6 Å². The molecule has 0 spiro atoms. The molecule has 0 saturated carbocycles. The molecule has 170 valence electrons. The van der Waals surface area contributed by atoms with Crippen LogP contribution in [0, 0.1) is 12.7 Å². The summed E-state index contributed by atoms with van der Waals surface area (Å²) in [7, 11) is 0. The first-order valence-electron chi connectivity index (χ1n) is 11.4. The number of aliphatic hydroxyl groups is 1. The second kappa shape index (κ2) is 8.08. The lowest BCUT2D eigenvalue weighted by Gasteiger charge is -2.32. The van der Waals surface area contributed by atoms with Crippen LogP contribution in [0.5, 0.6) is 0 Å². The first kappa shape index (κ1) is 21.3. The van der Waals surface area contributed by atoms with Crippen molar-refractivity contribution in [2.24, 2.45) is 0 Å². The highest BCUT2D eigenvalue weighted by Crippen LogP contribution is 2.33. The van der Waals surface area contributed by atoms with Crippen molar-refractivity contribution in [1.29, 1.82) is 0 Å². The van der Waals surface area contributed by atoms with Gasteiger partial charge in [0.05, 0.1) is 5.69 Å². The van der Waals surface area contributed by atoms with Crippen LogP contribution in [0.1, 0.15) is 61.3 Å². The molecule has 5 rings (SSSR count). The number of nitrogens with zero attached hydrogens (tertiary/aromatic N) is 4. The van der Waals surface area contributed by atoms with E-state index in [1.54, 1.807) is 17.6 Å². The largest absolute Gasteiger partial charge is 0.382 e. The maximum Gasteiger partial charge on any atom is 0.257 e. The van der Waals surface area contributed by atoms with Gasteiger partial charge in [0.15, 0.2) is 5.58 Å². The number of likely N-dealkylation sites (tertiary alicyclic amines) is 1. The molecule has 1 aromatic carbocycles. The van der Waals surface area contributed by atoms with Crippen molar-refractivity contribution in [1.82, 2.24) is 19.6 Å². The SMILES string of the molecule is Cc1nc2n(c(=O)c1CCN1CCC(c3noc4cc(F)ccc34)CC1)CCCC2(C)O. The molecule has 2 aliphatic heterocycles. The van der Waals surface area contributed by atoms with E-state index in [4.69, 9.17) is 4.52 Å². The lowest BCUT2D eigenvalue weighted by Crippen LogP contribution is -2.41. The summed E-state index contributed by atoms with van der Waals surface area (Å²) in [5.74, 6) is 0.468. The molecule has 1 unspecified atom stereocenters. The molecular formula is C24H29FN4O3. The zero-order chi connectivity index (χ0) is 22.5. The van der Waals surface area contributed by atoms with Crippen molar-refractivity contribution in [3.8, 4) is 0 Å². The summed E-state index contributed by atoms with van der Waals surface area (Å²) >= 11 is 0. The summed E-state index contributed by atoms with van der Waals surface area (Å²) in [6.07, 6.45) is 3.95. The Balaban J connectivity index is 1.25. The second-order valence-corrected chi connectivity index (χ2v) is 9.41. The van der Waals surface area contributed by atoms with Crippen molar-refractivity contribution in [3.05, 3.63) is 57.1 Å². The smallest absolute Gasteiger partial charge is 0.257 e. The van der Waals surface area contributed by atoms with Gasteiger partial charge < -0.3 is 14.5 Å². The first-order valence-corrected chi connectivity index (χ1v) is 11.4. The molecule has 1 saturated heterocycles. The standard InChI is InChI=1S/C24H29FN4O3/c1-15-18(22(30)29-10-3-9-24(2,31)23(29)26-15)8-13-28-11-6-16(7-12-28)21-19-5-4-17(25)14-20(19)32-27-21/h4-5,14,16,31H,3,6-13H2,1-2H3. The third-order valence-electron chi connectivity index (χ3n) is 7.11. The quantitative estimate of drug-likeness (QED) is 0.671. The van der Waals surface area contributed by atoms with Gasteiger partial charge >= 0.3 is 0 Å². The van der Waals surface area contributed by atoms with Gasteiger partial charge in [0.25, 0.3) is 5.56 Å². The lowest BCUT2D eigenvalue weighted by atomic mass is 9.91. The van der Waals surface area contributed by atoms with Gasteiger partial charge in [-0.05, 0) is 71.2 Å². The van der Waals surface area contributed by atoms with Gasteiger partial charge in [-0.25, -0.2) is 9.37 Å². The number of aromatic nitrogens is 3. The number of hydrogen-bond acceptors (Lipinski definition) is 6. The Hall–Kier alpha value is -2.58. The normalized spacial score (nSPS) is 22.4. The maximum absolute atomic E-state index is 13.4. The maximum atomic E-state index is 13.4. The van der Waals surface area contributed by atoms with Gasteiger partial charge in [-0.1, -0.05) is 5.16 Å². The molecule has 0 aliphatic carbocycles. The Morgan fingerprint density at radius 2 is 2.06 bits per heavy atom. The fraction of sp³-hybridized carbons (Fsp3) is 0.542. The lowest BCUT2D eigenvalue weighted by molar-refractivity contribution is 0.0170. The van der Waals surface area contributed by atoms with Crippen LogP contribution in [0.25, 0.3) is 11.0 Å². The van der Waals surface area contributed by atoms with E-state index in [-0.39, 0.29) is 17.3 Å². The molecule has 0 amide bonds. The summed E-state index contributed by atoms with van der Waals surface area (Å²) in [6, 6.07) is 4.58. The van der Waals surface area contributed by atoms with E-state index in [0.29, 0.717) is 30.8 Å². The molecule has 4 heterocycles. The summed E-state index contributed by atoms with van der Waals surface area (Å²) in [5.41, 5.74) is 1.83. The van der Waals surface area contributed by atoms with Crippen LogP contribution in [0.2, 0.25) is 0 Å². The Bertz CT molecular complexity index is 1210. The van der Waals surface area contributed by atoms with E-state index in [0.717, 1.165) is 61.2 Å². The third-order valence-corrected chi connectivity index (χ3v) is 7.11. The van der Waals surface area contributed by atoms with Crippen molar-refractivity contribution in [2.45, 2.75) is 64.0 Å². The topological polar surface area (TPSA) is 84.4 Å². The molecule has 0 radical (unpaired) electrons. The molecular weight excluding hydrogens is 411 g/mol. The minimum Gasteiger partial charge on any atom is -0.382 e. The van der Waals surface area contributed by atoms with E-state index in [1.165, 1.54) is 12.1 Å². The highest BCUT2D eigenvalue weighted by molar-refractivity contribution is 5.79. The molecule has 1 N–H and O–H groups in total. The molecule has 2 aliphatic rings. The molecule has 1 atom stereocenters. The van der Waals surface area contributed by atoms with Crippen LogP contribution in [0.4, 0.5) is 4.39 Å². The fourth-order valence-corrected chi connectivity index (χ4v) is 5.23. The summed E-state index contributed by atoms with van der Waals surface area (Å²) in [5, 5.41) is 15.7. The van der Waals surface area contributed by atoms with Gasteiger partial charge in [-0.2, -0.15) is 0 Å². The minimum atomic E-state index is -1.04. The number of rotatable bonds is 4. The van der Waals surface area contributed by atoms with Crippen molar-refractivity contribution in [3.63, 3.8) is 0 Å². The molecule has 2 aromatic heterocycles. The zero-order valence-electron chi connectivity index (χ0n) is 18.6. The van der Waals surface area contributed by atoms with Gasteiger partial charge in [0.2, 0.25) is 0 Å². The fourth-order valence-electron chi connectivity index (χ4n) is 5.23. The van der Waals surface area contributed by atoms with Crippen LogP contribution in [0.3, 0.4) is 0 Å². The molecule has 1 fully saturated rings. The van der Waals surface area contributed by atoms with Gasteiger partial charge in [0, 0.05) is 41.7 Å². The summed E-state index contributed by atoms with van der Waals surface area (Å²) in [4.78, 5) is 20.1. The van der Waals surface area contributed by atoms with Gasteiger partial charge in [0.1, 0.15) is 17.2 Å². The first-order chi connectivity index (χ1) is 15.3. The summed E-state index contributed by atoms with van der Waals surface area (Å²) < 4.78 is 20.4. The number of fused-ring (bicyclic) bond motifs is 2. The molecule has 7 nitrogen and oxygen atoms in total. The highest BCUT2D eigenvalue weighted by atomic mass is 19.1. The number of hydrogen-bond donors (Lipinski definition) is 1. The zero-order valence-corrected chi connectivity index (χ0v) is 18.6. The predicted octanol–water partition coefficient (Wildman–Crippen LogP) is 3.26. The van der Waals surface area contributed by atoms with E-state index in [2.05, 4.69) is 15.0 Å². The Kier molecular flexibility index (Phi) is 5.37. The Morgan fingerprint density at radius 1 is 1.28 bits per heavy atom. The molecule has 3 aromatic rings. The molecule has 0 bridgehead atoms. The van der Waals surface area contributed by atoms with Crippen LogP contribution < -0.4 is 5.56 Å². The number of halogens is 1. The minimum absolute atomic E-state index is 0.0105. The van der Waals surface area contributed by atoms with Crippen LogP contribution in [0.15, 0.2) is 27.5 Å². The summed E-state index contributed by atoms with van der Waals surface area (Å²) in [6.45, 7) is 6.84. The Morgan fingerprint density at radius 3 is 2.84 bits per heavy atom. The predicted molar refractivity (Wildman–Crippen MR) is 118 cm³/mol. The Labute approximate surface area is 185 Å². The average molecular weight is 441 g/mol. The number of piperidine rings is 1. The van der Waals surface area contributed by atoms with Crippen LogP contribution in [-0.4, -0.2) is 44.3 Å². The van der Waals surface area contributed by atoms with E-state index in [1.807, 2.05) is 6.92 Å². The van der Waals surface area contributed by atoms with E-state index < -0.39 is 5.60 Å². The van der Waals surface area contributed by atoms with E-state index in [9.17, 15) is 14.3 Å². The van der Waals surface area contributed by atoms with Crippen molar-refractivity contribution in [2.75, 3.05) is 19.6 Å². The number of aryl methyl sites for hydroxylation is 1. The molecule has 32 heavy (non-hydrogen) atoms. The average Bonchev–Trinajstić information content (AvgIpc) is 3.17. The second-order valence-electron chi connectivity index (χ2n) is 9.41. The number of benzene rings is 1. The monoisotopic (exact) mass is 440 g/mol.